The SMILES string of the molecule is CCCN(CCCl)C(=O)C1C2CCCC21. The normalized spacial score (nSPS) is 32.5. The first-order chi connectivity index (χ1) is 7.29. The molecule has 0 aromatic heterocycles. The number of amides is 1. The van der Waals surface area contributed by atoms with Crippen molar-refractivity contribution in [2.75, 3.05) is 19.0 Å². The van der Waals surface area contributed by atoms with E-state index in [2.05, 4.69) is 6.92 Å². The highest BCUT2D eigenvalue weighted by Crippen LogP contribution is 2.58. The number of carbonyl (C=O) groups is 1. The Labute approximate surface area is 97.0 Å². The first-order valence-electron chi connectivity index (χ1n) is 6.14. The van der Waals surface area contributed by atoms with Crippen LogP contribution in [0.2, 0.25) is 0 Å². The maximum Gasteiger partial charge on any atom is 0.226 e. The Bertz CT molecular complexity index is 228. The Morgan fingerprint density at radius 1 is 1.33 bits per heavy atom. The zero-order chi connectivity index (χ0) is 10.8. The molecule has 0 N–H and O–H groups in total. The molecule has 0 bridgehead atoms. The van der Waals surface area contributed by atoms with Crippen LogP contribution in [0.15, 0.2) is 0 Å². The molecule has 0 spiro atoms. The van der Waals surface area contributed by atoms with Gasteiger partial charge in [0.2, 0.25) is 5.91 Å². The van der Waals surface area contributed by atoms with Gasteiger partial charge in [-0.1, -0.05) is 13.3 Å². The molecular weight excluding hydrogens is 210 g/mol. The summed E-state index contributed by atoms with van der Waals surface area (Å²) in [6.07, 6.45) is 4.93. The minimum atomic E-state index is 0.369. The van der Waals surface area contributed by atoms with Crippen LogP contribution in [0.4, 0.5) is 0 Å². The predicted molar refractivity (Wildman–Crippen MR) is 61.9 cm³/mol. The van der Waals surface area contributed by atoms with Gasteiger partial charge in [0.05, 0.1) is 0 Å². The molecule has 2 unspecified atom stereocenters. The van der Waals surface area contributed by atoms with Crippen molar-refractivity contribution in [2.24, 2.45) is 17.8 Å². The van der Waals surface area contributed by atoms with Crippen molar-refractivity contribution >= 4 is 17.5 Å². The summed E-state index contributed by atoms with van der Waals surface area (Å²) in [7, 11) is 0. The monoisotopic (exact) mass is 229 g/mol. The molecule has 0 saturated heterocycles. The number of fused-ring (bicyclic) bond motifs is 1. The van der Waals surface area contributed by atoms with Gasteiger partial charge in [-0.3, -0.25) is 4.79 Å². The lowest BCUT2D eigenvalue weighted by Crippen LogP contribution is -2.35. The van der Waals surface area contributed by atoms with Gasteiger partial charge in [0.25, 0.3) is 0 Å². The molecule has 15 heavy (non-hydrogen) atoms. The number of carbonyl (C=O) groups excluding carboxylic acids is 1. The van der Waals surface area contributed by atoms with Crippen molar-refractivity contribution in [2.45, 2.75) is 32.6 Å². The maximum atomic E-state index is 12.2. The van der Waals surface area contributed by atoms with Crippen LogP contribution in [0.1, 0.15) is 32.6 Å². The lowest BCUT2D eigenvalue weighted by molar-refractivity contribution is -0.133. The Morgan fingerprint density at radius 3 is 2.53 bits per heavy atom. The second-order valence-corrected chi connectivity index (χ2v) is 5.18. The van der Waals surface area contributed by atoms with Crippen LogP contribution in [-0.4, -0.2) is 29.8 Å². The molecule has 2 atom stereocenters. The second-order valence-electron chi connectivity index (χ2n) is 4.80. The minimum Gasteiger partial charge on any atom is -0.341 e. The Kier molecular flexibility index (Phi) is 3.55. The maximum absolute atomic E-state index is 12.2. The van der Waals surface area contributed by atoms with Gasteiger partial charge < -0.3 is 4.90 Å². The molecule has 2 fully saturated rings. The zero-order valence-corrected chi connectivity index (χ0v) is 10.2. The van der Waals surface area contributed by atoms with E-state index in [1.54, 1.807) is 0 Å². The first kappa shape index (κ1) is 11.3. The van der Waals surface area contributed by atoms with Crippen molar-refractivity contribution in [1.82, 2.24) is 4.90 Å². The van der Waals surface area contributed by atoms with Crippen LogP contribution >= 0.6 is 11.6 Å². The fraction of sp³-hybridized carbons (Fsp3) is 0.917. The molecule has 2 nitrogen and oxygen atoms in total. The lowest BCUT2D eigenvalue weighted by Gasteiger charge is -2.21. The summed E-state index contributed by atoms with van der Waals surface area (Å²) in [6.45, 7) is 3.72. The van der Waals surface area contributed by atoms with Crippen molar-refractivity contribution in [3.63, 3.8) is 0 Å². The van der Waals surface area contributed by atoms with Crippen LogP contribution in [0.25, 0.3) is 0 Å². The number of halogens is 1. The summed E-state index contributed by atoms with van der Waals surface area (Å²) in [5, 5.41) is 0. The summed E-state index contributed by atoms with van der Waals surface area (Å²) >= 11 is 5.73. The average molecular weight is 230 g/mol. The van der Waals surface area contributed by atoms with E-state index >= 15 is 0 Å². The van der Waals surface area contributed by atoms with Gasteiger partial charge in [-0.05, 0) is 31.1 Å². The molecule has 1 amide bonds. The minimum absolute atomic E-state index is 0.369. The third kappa shape index (κ3) is 2.15. The standard InChI is InChI=1S/C12H20ClNO/c1-2-7-14(8-6-13)12(15)11-9-4-3-5-10(9)11/h9-11H,2-8H2,1H3. The van der Waals surface area contributed by atoms with E-state index in [-0.39, 0.29) is 0 Å². The van der Waals surface area contributed by atoms with E-state index in [4.69, 9.17) is 11.6 Å². The molecule has 2 aliphatic rings. The van der Waals surface area contributed by atoms with Gasteiger partial charge in [0, 0.05) is 24.9 Å². The van der Waals surface area contributed by atoms with Crippen LogP contribution in [0.3, 0.4) is 0 Å². The molecule has 0 aliphatic heterocycles. The fourth-order valence-electron chi connectivity index (χ4n) is 3.10. The van der Waals surface area contributed by atoms with Gasteiger partial charge in [-0.15, -0.1) is 11.6 Å². The highest BCUT2D eigenvalue weighted by molar-refractivity contribution is 6.18. The second kappa shape index (κ2) is 4.73. The topological polar surface area (TPSA) is 20.3 Å². The molecule has 0 aromatic carbocycles. The van der Waals surface area contributed by atoms with E-state index in [1.165, 1.54) is 19.3 Å². The highest BCUT2D eigenvalue weighted by atomic mass is 35.5. The van der Waals surface area contributed by atoms with Gasteiger partial charge in [-0.2, -0.15) is 0 Å². The fourth-order valence-corrected chi connectivity index (χ4v) is 3.31. The molecule has 86 valence electrons. The summed E-state index contributed by atoms with van der Waals surface area (Å²) in [4.78, 5) is 14.1. The van der Waals surface area contributed by atoms with E-state index in [0.717, 1.165) is 31.3 Å². The van der Waals surface area contributed by atoms with Gasteiger partial charge in [-0.25, -0.2) is 0 Å². The van der Waals surface area contributed by atoms with Gasteiger partial charge >= 0.3 is 0 Å². The van der Waals surface area contributed by atoms with E-state index in [9.17, 15) is 4.79 Å². The van der Waals surface area contributed by atoms with Crippen molar-refractivity contribution < 1.29 is 4.79 Å². The van der Waals surface area contributed by atoms with Crippen LogP contribution in [-0.2, 0) is 4.79 Å². The summed E-state index contributed by atoms with van der Waals surface area (Å²) in [5.74, 6) is 2.77. The van der Waals surface area contributed by atoms with Crippen LogP contribution in [0.5, 0.6) is 0 Å². The number of hydrogen-bond donors (Lipinski definition) is 0. The molecule has 2 rings (SSSR count). The highest BCUT2D eigenvalue weighted by Gasteiger charge is 2.57. The average Bonchev–Trinajstić information content (AvgIpc) is 2.70. The molecule has 0 heterocycles. The third-order valence-corrected chi connectivity index (χ3v) is 4.02. The van der Waals surface area contributed by atoms with E-state index < -0.39 is 0 Å². The third-order valence-electron chi connectivity index (χ3n) is 3.85. The van der Waals surface area contributed by atoms with Crippen molar-refractivity contribution in [1.29, 1.82) is 0 Å². The summed E-state index contributed by atoms with van der Waals surface area (Å²) in [5.41, 5.74) is 0. The summed E-state index contributed by atoms with van der Waals surface area (Å²) in [6, 6.07) is 0. The largest absolute Gasteiger partial charge is 0.341 e. The van der Waals surface area contributed by atoms with E-state index in [0.29, 0.717) is 17.7 Å². The molecule has 2 aliphatic carbocycles. The molecular formula is C12H20ClNO. The molecule has 0 aromatic rings. The predicted octanol–water partition coefficient (Wildman–Crippen LogP) is 2.51. The van der Waals surface area contributed by atoms with E-state index in [1.807, 2.05) is 4.90 Å². The number of rotatable bonds is 5. The lowest BCUT2D eigenvalue weighted by atomic mass is 10.1. The van der Waals surface area contributed by atoms with Gasteiger partial charge in [0.15, 0.2) is 0 Å². The molecule has 0 radical (unpaired) electrons. The number of alkyl halides is 1. The Morgan fingerprint density at radius 2 is 2.00 bits per heavy atom. The Balaban J connectivity index is 1.88. The van der Waals surface area contributed by atoms with Crippen LogP contribution in [0, 0.1) is 17.8 Å². The number of hydrogen-bond acceptors (Lipinski definition) is 1. The van der Waals surface area contributed by atoms with Crippen molar-refractivity contribution in [3.05, 3.63) is 0 Å². The van der Waals surface area contributed by atoms with Gasteiger partial charge in [0.1, 0.15) is 0 Å². The van der Waals surface area contributed by atoms with Crippen LogP contribution < -0.4 is 0 Å². The summed E-state index contributed by atoms with van der Waals surface area (Å²) < 4.78 is 0. The number of nitrogens with zero attached hydrogens (tertiary/aromatic N) is 1. The smallest absolute Gasteiger partial charge is 0.226 e. The first-order valence-corrected chi connectivity index (χ1v) is 6.67. The Hall–Kier alpha value is -0.240. The molecule has 3 heteroatoms. The quantitative estimate of drug-likeness (QED) is 0.664. The molecule has 2 saturated carbocycles. The van der Waals surface area contributed by atoms with Crippen molar-refractivity contribution in [3.8, 4) is 0 Å². The zero-order valence-electron chi connectivity index (χ0n) is 9.42.